The Kier molecular flexibility index (Phi) is 3.40. The Labute approximate surface area is 217 Å². The fourth-order valence-corrected chi connectivity index (χ4v) is 6.17. The maximum absolute atomic E-state index is 8.13. The van der Waals surface area contributed by atoms with Gasteiger partial charge >= 0.3 is 0 Å². The Balaban J connectivity index is 1.74. The summed E-state index contributed by atoms with van der Waals surface area (Å²) in [5.41, 5.74) is 6.19. The molecule has 6 rings (SSSR count). The molecule has 0 bridgehead atoms. The minimum Gasteiger partial charge on any atom is -0.454 e. The third-order valence-electron chi connectivity index (χ3n) is 8.31. The molecule has 0 saturated carbocycles. The maximum atomic E-state index is 8.13. The summed E-state index contributed by atoms with van der Waals surface area (Å²) >= 11 is 0. The van der Waals surface area contributed by atoms with Crippen molar-refractivity contribution < 1.29 is 17.2 Å². The molecule has 0 saturated heterocycles. The van der Waals surface area contributed by atoms with Gasteiger partial charge in [0.05, 0.1) is 5.56 Å². The molecule has 0 spiro atoms. The third-order valence-corrected chi connectivity index (χ3v) is 8.31. The van der Waals surface area contributed by atoms with Crippen LogP contribution in [0.1, 0.15) is 76.6 Å². The highest BCUT2D eigenvalue weighted by atomic mass is 16.3. The van der Waals surface area contributed by atoms with Gasteiger partial charge in [-0.05, 0) is 78.0 Å². The molecule has 0 fully saturated rings. The second-order valence-corrected chi connectivity index (χ2v) is 11.6. The molecular weight excluding hydrogens is 426 g/mol. The van der Waals surface area contributed by atoms with Crippen LogP contribution in [0.2, 0.25) is 0 Å². The predicted octanol–water partition coefficient (Wildman–Crippen LogP) is 8.50. The average molecular weight is 469 g/mol. The van der Waals surface area contributed by atoms with Crippen molar-refractivity contribution >= 4 is 32.7 Å². The van der Waals surface area contributed by atoms with Gasteiger partial charge in [0, 0.05) is 36.0 Å². The average Bonchev–Trinajstić information content (AvgIpc) is 3.24. The van der Waals surface area contributed by atoms with Crippen LogP contribution in [0.4, 0.5) is 0 Å². The number of aromatic nitrogens is 1. The number of fused-ring (bicyclic) bond motifs is 7. The molecule has 2 nitrogen and oxygen atoms in total. The molecule has 0 amide bonds. The minimum absolute atomic E-state index is 0.0253. The molecule has 1 aliphatic rings. The highest BCUT2D eigenvalue weighted by Gasteiger charge is 2.39. The van der Waals surface area contributed by atoms with Gasteiger partial charge in [0.1, 0.15) is 18.2 Å². The number of benzene rings is 3. The highest BCUT2D eigenvalue weighted by molar-refractivity contribution is 6.18. The Morgan fingerprint density at radius 1 is 0.829 bits per heavy atom. The van der Waals surface area contributed by atoms with E-state index in [-0.39, 0.29) is 22.0 Å². The summed E-state index contributed by atoms with van der Waals surface area (Å²) in [7, 11) is 1.76. The van der Waals surface area contributed by atoms with Gasteiger partial charge in [0.25, 0.3) is 0 Å². The summed E-state index contributed by atoms with van der Waals surface area (Å²) in [5.74, 6) is 0. The van der Waals surface area contributed by atoms with Gasteiger partial charge in [0.2, 0.25) is 5.69 Å². The lowest BCUT2D eigenvalue weighted by molar-refractivity contribution is -0.660. The van der Waals surface area contributed by atoms with Gasteiger partial charge in [0.15, 0.2) is 6.20 Å². The topological polar surface area (TPSA) is 17.0 Å². The summed E-state index contributed by atoms with van der Waals surface area (Å²) in [5, 5.41) is 4.24. The molecule has 0 unspecified atom stereocenters. The number of rotatable bonds is 1. The van der Waals surface area contributed by atoms with Crippen molar-refractivity contribution in [3.8, 4) is 11.3 Å². The molecule has 2 aromatic heterocycles. The quantitative estimate of drug-likeness (QED) is 0.225. The van der Waals surface area contributed by atoms with Crippen LogP contribution in [0.3, 0.4) is 0 Å². The van der Waals surface area contributed by atoms with Crippen LogP contribution in [0.25, 0.3) is 44.0 Å². The van der Waals surface area contributed by atoms with Gasteiger partial charge < -0.3 is 4.42 Å². The summed E-state index contributed by atoms with van der Waals surface area (Å²) in [6, 6.07) is 14.4. The molecular formula is C33H36NO+. The number of pyridine rings is 1. The Morgan fingerprint density at radius 3 is 2.29 bits per heavy atom. The highest BCUT2D eigenvalue weighted by Crippen LogP contribution is 2.51. The Bertz CT molecular complexity index is 1890. The van der Waals surface area contributed by atoms with Crippen LogP contribution in [-0.2, 0) is 17.9 Å². The fourth-order valence-electron chi connectivity index (χ4n) is 6.17. The zero-order chi connectivity index (χ0) is 29.9. The van der Waals surface area contributed by atoms with E-state index in [0.29, 0.717) is 11.3 Å². The summed E-state index contributed by atoms with van der Waals surface area (Å²) < 4.78 is 56.9. The number of hydrogen-bond acceptors (Lipinski definition) is 1. The van der Waals surface area contributed by atoms with Crippen molar-refractivity contribution in [2.45, 2.75) is 72.0 Å². The summed E-state index contributed by atoms with van der Waals surface area (Å²) in [6.07, 6.45) is 3.63. The van der Waals surface area contributed by atoms with E-state index in [2.05, 4.69) is 58.0 Å². The van der Waals surface area contributed by atoms with Crippen LogP contribution in [0.5, 0.6) is 0 Å². The number of furan rings is 1. The monoisotopic (exact) mass is 468 g/mol. The van der Waals surface area contributed by atoms with Gasteiger partial charge in [-0.25, -0.2) is 4.57 Å². The van der Waals surface area contributed by atoms with Crippen LogP contribution < -0.4 is 4.57 Å². The van der Waals surface area contributed by atoms with E-state index in [0.717, 1.165) is 51.1 Å². The first-order chi connectivity index (χ1) is 18.9. The van der Waals surface area contributed by atoms with Crippen molar-refractivity contribution in [2.75, 3.05) is 0 Å². The van der Waals surface area contributed by atoms with Crippen molar-refractivity contribution in [2.24, 2.45) is 7.05 Å². The van der Waals surface area contributed by atoms with Crippen LogP contribution in [-0.4, -0.2) is 0 Å². The second-order valence-electron chi connectivity index (χ2n) is 11.6. The molecule has 0 aliphatic heterocycles. The van der Waals surface area contributed by atoms with Gasteiger partial charge in [-0.15, -0.1) is 0 Å². The smallest absolute Gasteiger partial charge is 0.216 e. The molecule has 2 heterocycles. The SMILES string of the molecule is [2H]C([2H])([2H])c1cc(-c2c(C)ccc3c2oc2c3ccc3ccc4c(c32)C(C)(C)CCC4(C)C)[n+](C)cc1C([2H])([2H])[2H]. The molecule has 3 aromatic carbocycles. The first kappa shape index (κ1) is 16.5. The molecule has 0 N–H and O–H groups in total. The first-order valence-corrected chi connectivity index (χ1v) is 12.4. The van der Waals surface area contributed by atoms with E-state index in [1.807, 2.05) is 13.0 Å². The zero-order valence-corrected chi connectivity index (χ0v) is 21.4. The summed E-state index contributed by atoms with van der Waals surface area (Å²) in [4.78, 5) is 0. The van der Waals surface area contributed by atoms with Crippen LogP contribution in [0, 0.1) is 20.6 Å². The Morgan fingerprint density at radius 2 is 1.51 bits per heavy atom. The standard InChI is InChI=1S/C33H36NO/c1-19-9-12-23-24-13-10-22-11-14-25-29(33(6,7)16-15-32(25,4)5)28(22)31(24)35-30(23)27(19)26-17-20(2)21(3)18-34(26)8/h9-14,17-18H,15-16H2,1-8H3/q+1/i2D3,3D3. The van der Waals surface area contributed by atoms with E-state index < -0.39 is 13.7 Å². The van der Waals surface area contributed by atoms with E-state index in [9.17, 15) is 0 Å². The predicted molar refractivity (Wildman–Crippen MR) is 147 cm³/mol. The first-order valence-electron chi connectivity index (χ1n) is 15.4. The van der Waals surface area contributed by atoms with Crippen molar-refractivity contribution in [3.63, 3.8) is 0 Å². The van der Waals surface area contributed by atoms with E-state index in [1.165, 1.54) is 23.4 Å². The van der Waals surface area contributed by atoms with Crippen molar-refractivity contribution in [1.82, 2.24) is 0 Å². The lowest BCUT2D eigenvalue weighted by Gasteiger charge is -2.42. The normalized spacial score (nSPS) is 20.1. The molecule has 35 heavy (non-hydrogen) atoms. The van der Waals surface area contributed by atoms with Crippen molar-refractivity contribution in [3.05, 3.63) is 76.5 Å². The minimum atomic E-state index is -2.59. The second kappa shape index (κ2) is 7.20. The van der Waals surface area contributed by atoms with Gasteiger partial charge in [-0.2, -0.15) is 0 Å². The lowest BCUT2D eigenvalue weighted by Crippen LogP contribution is -2.34. The van der Waals surface area contributed by atoms with E-state index >= 15 is 0 Å². The number of aryl methyl sites for hydroxylation is 4. The molecule has 0 atom stereocenters. The van der Waals surface area contributed by atoms with E-state index in [1.54, 1.807) is 11.6 Å². The van der Waals surface area contributed by atoms with E-state index in [4.69, 9.17) is 12.6 Å². The van der Waals surface area contributed by atoms with Gasteiger partial charge in [-0.3, -0.25) is 0 Å². The largest absolute Gasteiger partial charge is 0.454 e. The van der Waals surface area contributed by atoms with Crippen LogP contribution in [0.15, 0.2) is 53.1 Å². The lowest BCUT2D eigenvalue weighted by atomic mass is 9.62. The molecule has 178 valence electrons. The number of nitrogens with zero attached hydrogens (tertiary/aromatic N) is 1. The molecule has 5 aromatic rings. The fraction of sp³-hybridized carbons (Fsp3) is 0.364. The molecule has 1 aliphatic carbocycles. The zero-order valence-electron chi connectivity index (χ0n) is 27.4. The number of hydrogen-bond donors (Lipinski definition) is 0. The molecule has 0 radical (unpaired) electrons. The maximum Gasteiger partial charge on any atom is 0.216 e. The van der Waals surface area contributed by atoms with Crippen LogP contribution >= 0.6 is 0 Å². The summed E-state index contributed by atoms with van der Waals surface area (Å²) in [6.45, 7) is 6.10. The van der Waals surface area contributed by atoms with Gasteiger partial charge in [-0.1, -0.05) is 58.0 Å². The third kappa shape index (κ3) is 3.12. The molecule has 2 heteroatoms. The van der Waals surface area contributed by atoms with Crippen molar-refractivity contribution in [1.29, 1.82) is 0 Å². The Hall–Kier alpha value is -3.13.